The first-order valence-corrected chi connectivity index (χ1v) is 7.12. The highest BCUT2D eigenvalue weighted by Crippen LogP contribution is 2.33. The minimum atomic E-state index is -4.70. The zero-order valence-corrected chi connectivity index (χ0v) is 11.6. The molecule has 0 radical (unpaired) electrons. The molecular weight excluding hydrogens is 286 g/mol. The van der Waals surface area contributed by atoms with Crippen LogP contribution in [-0.2, 0) is 10.9 Å². The molecule has 0 saturated carbocycles. The maximum absolute atomic E-state index is 13.2. The van der Waals surface area contributed by atoms with E-state index in [9.17, 15) is 17.6 Å². The van der Waals surface area contributed by atoms with Crippen LogP contribution in [0.2, 0.25) is 0 Å². The van der Waals surface area contributed by atoms with Crippen molar-refractivity contribution in [2.24, 2.45) is 5.73 Å². The third-order valence-electron chi connectivity index (χ3n) is 3.80. The van der Waals surface area contributed by atoms with Gasteiger partial charge in [-0.05, 0) is 49.8 Å². The van der Waals surface area contributed by atoms with E-state index in [1.54, 1.807) is 0 Å². The number of rotatable bonds is 4. The molecule has 1 heterocycles. The molecule has 2 unspecified atom stereocenters. The summed E-state index contributed by atoms with van der Waals surface area (Å²) >= 11 is 0. The summed E-state index contributed by atoms with van der Waals surface area (Å²) < 4.78 is 56.8. The van der Waals surface area contributed by atoms with E-state index in [4.69, 9.17) is 10.5 Å². The maximum atomic E-state index is 13.2. The van der Waals surface area contributed by atoms with Gasteiger partial charge in [-0.1, -0.05) is 6.07 Å². The molecule has 21 heavy (non-hydrogen) atoms. The molecule has 1 fully saturated rings. The Kier molecular flexibility index (Phi) is 5.22. The van der Waals surface area contributed by atoms with Gasteiger partial charge in [0.1, 0.15) is 5.82 Å². The number of ether oxygens (including phenoxy) is 1. The van der Waals surface area contributed by atoms with Crippen molar-refractivity contribution in [1.82, 2.24) is 0 Å². The molecule has 2 rings (SSSR count). The Balaban J connectivity index is 2.00. The van der Waals surface area contributed by atoms with Crippen molar-refractivity contribution in [2.75, 3.05) is 6.61 Å². The number of hydrogen-bond donors (Lipinski definition) is 1. The van der Waals surface area contributed by atoms with Gasteiger partial charge in [0.05, 0.1) is 11.7 Å². The van der Waals surface area contributed by atoms with Crippen molar-refractivity contribution in [2.45, 2.75) is 50.4 Å². The molecule has 1 saturated heterocycles. The predicted octanol–water partition coefficient (Wildman–Crippen LogP) is 4.19. The third kappa shape index (κ3) is 4.41. The van der Waals surface area contributed by atoms with Crippen molar-refractivity contribution in [3.05, 3.63) is 35.1 Å². The fourth-order valence-electron chi connectivity index (χ4n) is 2.56. The molecule has 2 atom stereocenters. The van der Waals surface area contributed by atoms with Gasteiger partial charge in [0.15, 0.2) is 0 Å². The van der Waals surface area contributed by atoms with Crippen LogP contribution in [0.5, 0.6) is 0 Å². The zero-order valence-electron chi connectivity index (χ0n) is 11.6. The van der Waals surface area contributed by atoms with Crippen molar-refractivity contribution in [1.29, 1.82) is 0 Å². The average Bonchev–Trinajstić information content (AvgIpc) is 2.45. The van der Waals surface area contributed by atoms with Crippen LogP contribution in [0, 0.1) is 5.82 Å². The number of alkyl halides is 3. The van der Waals surface area contributed by atoms with Gasteiger partial charge in [-0.25, -0.2) is 4.39 Å². The molecule has 0 spiro atoms. The van der Waals surface area contributed by atoms with Crippen LogP contribution >= 0.6 is 0 Å². The van der Waals surface area contributed by atoms with Crippen molar-refractivity contribution >= 4 is 0 Å². The van der Waals surface area contributed by atoms with Gasteiger partial charge in [-0.15, -0.1) is 0 Å². The van der Waals surface area contributed by atoms with Crippen LogP contribution in [-0.4, -0.2) is 12.7 Å². The van der Waals surface area contributed by atoms with E-state index in [1.165, 1.54) is 6.07 Å². The van der Waals surface area contributed by atoms with Gasteiger partial charge in [-0.2, -0.15) is 13.2 Å². The standard InChI is InChI=1S/C15H19F4NO/c16-13-6-4-10(9-12(13)15(17,18)19)14(20)7-5-11-3-1-2-8-21-11/h4,6,9,11,14H,1-3,5,7-8,20H2. The molecule has 0 aliphatic carbocycles. The van der Waals surface area contributed by atoms with E-state index in [-0.39, 0.29) is 6.10 Å². The minimum absolute atomic E-state index is 0.132. The van der Waals surface area contributed by atoms with Crippen molar-refractivity contribution < 1.29 is 22.3 Å². The molecule has 1 aliphatic rings. The average molecular weight is 305 g/mol. The normalized spacial score (nSPS) is 21.3. The first-order valence-electron chi connectivity index (χ1n) is 7.12. The quantitative estimate of drug-likeness (QED) is 0.846. The molecular formula is C15H19F4NO. The SMILES string of the molecule is NC(CCC1CCCCO1)c1ccc(F)c(C(F)(F)F)c1. The first kappa shape index (κ1) is 16.2. The number of hydrogen-bond acceptors (Lipinski definition) is 2. The van der Waals surface area contributed by atoms with E-state index in [1.807, 2.05) is 0 Å². The molecule has 2 nitrogen and oxygen atoms in total. The lowest BCUT2D eigenvalue weighted by Gasteiger charge is -2.24. The van der Waals surface area contributed by atoms with Gasteiger partial charge in [0.2, 0.25) is 0 Å². The Morgan fingerprint density at radius 2 is 2.05 bits per heavy atom. The summed E-state index contributed by atoms with van der Waals surface area (Å²) in [6.45, 7) is 0.731. The lowest BCUT2D eigenvalue weighted by atomic mass is 9.96. The topological polar surface area (TPSA) is 35.2 Å². The van der Waals surface area contributed by atoms with E-state index < -0.39 is 23.6 Å². The lowest BCUT2D eigenvalue weighted by Crippen LogP contribution is -2.21. The molecule has 1 aromatic carbocycles. The Labute approximate surface area is 121 Å². The van der Waals surface area contributed by atoms with Crippen LogP contribution < -0.4 is 5.73 Å². The summed E-state index contributed by atoms with van der Waals surface area (Å²) in [4.78, 5) is 0. The van der Waals surface area contributed by atoms with Gasteiger partial charge in [-0.3, -0.25) is 0 Å². The Morgan fingerprint density at radius 1 is 1.29 bits per heavy atom. The molecule has 2 N–H and O–H groups in total. The van der Waals surface area contributed by atoms with E-state index in [0.717, 1.165) is 38.0 Å². The summed E-state index contributed by atoms with van der Waals surface area (Å²) in [5.74, 6) is -1.27. The monoisotopic (exact) mass is 305 g/mol. The second-order valence-electron chi connectivity index (χ2n) is 5.41. The molecule has 0 amide bonds. The predicted molar refractivity (Wildman–Crippen MR) is 71.2 cm³/mol. The van der Waals surface area contributed by atoms with Crippen LogP contribution in [0.3, 0.4) is 0 Å². The number of nitrogens with two attached hydrogens (primary N) is 1. The fraction of sp³-hybridized carbons (Fsp3) is 0.600. The highest BCUT2D eigenvalue weighted by molar-refractivity contribution is 5.29. The minimum Gasteiger partial charge on any atom is -0.378 e. The van der Waals surface area contributed by atoms with Crippen LogP contribution in [0.1, 0.15) is 49.3 Å². The summed E-state index contributed by atoms with van der Waals surface area (Å²) in [6.07, 6.45) is -0.222. The highest BCUT2D eigenvalue weighted by Gasteiger charge is 2.34. The second kappa shape index (κ2) is 6.75. The lowest BCUT2D eigenvalue weighted by molar-refractivity contribution is -0.140. The summed E-state index contributed by atoms with van der Waals surface area (Å²) in [6, 6.07) is 2.41. The van der Waals surface area contributed by atoms with Gasteiger partial charge >= 0.3 is 6.18 Å². The fourth-order valence-corrected chi connectivity index (χ4v) is 2.56. The Hall–Kier alpha value is -1.14. The zero-order chi connectivity index (χ0) is 15.5. The molecule has 118 valence electrons. The number of benzene rings is 1. The summed E-state index contributed by atoms with van der Waals surface area (Å²) in [7, 11) is 0. The number of halogens is 4. The van der Waals surface area contributed by atoms with Crippen LogP contribution in [0.15, 0.2) is 18.2 Å². The van der Waals surface area contributed by atoms with E-state index in [2.05, 4.69) is 0 Å². The third-order valence-corrected chi connectivity index (χ3v) is 3.80. The van der Waals surface area contributed by atoms with Gasteiger partial charge < -0.3 is 10.5 Å². The smallest absolute Gasteiger partial charge is 0.378 e. The summed E-state index contributed by atoms with van der Waals surface area (Å²) in [5.41, 5.74) is 4.97. The largest absolute Gasteiger partial charge is 0.419 e. The van der Waals surface area contributed by atoms with Gasteiger partial charge in [0, 0.05) is 12.6 Å². The van der Waals surface area contributed by atoms with Crippen LogP contribution in [0.4, 0.5) is 17.6 Å². The van der Waals surface area contributed by atoms with E-state index >= 15 is 0 Å². The first-order chi connectivity index (χ1) is 9.88. The molecule has 0 aromatic heterocycles. The van der Waals surface area contributed by atoms with Crippen LogP contribution in [0.25, 0.3) is 0 Å². The molecule has 1 aliphatic heterocycles. The Morgan fingerprint density at radius 3 is 2.67 bits per heavy atom. The molecule has 1 aromatic rings. The maximum Gasteiger partial charge on any atom is 0.419 e. The molecule has 6 heteroatoms. The second-order valence-corrected chi connectivity index (χ2v) is 5.41. The van der Waals surface area contributed by atoms with Crippen molar-refractivity contribution in [3.63, 3.8) is 0 Å². The summed E-state index contributed by atoms with van der Waals surface area (Å²) in [5, 5.41) is 0. The Bertz CT molecular complexity index is 469. The van der Waals surface area contributed by atoms with Gasteiger partial charge in [0.25, 0.3) is 0 Å². The van der Waals surface area contributed by atoms with Crippen molar-refractivity contribution in [3.8, 4) is 0 Å². The highest BCUT2D eigenvalue weighted by atomic mass is 19.4. The molecule has 0 bridgehead atoms. The van der Waals surface area contributed by atoms with E-state index in [0.29, 0.717) is 18.4 Å².